The van der Waals surface area contributed by atoms with Crippen LogP contribution in [0.25, 0.3) is 0 Å². The van der Waals surface area contributed by atoms with E-state index >= 15 is 0 Å². The molecule has 3 heterocycles. The summed E-state index contributed by atoms with van der Waals surface area (Å²) in [4.78, 5) is 6.49. The minimum Gasteiger partial charge on any atom is -0.367 e. The molecule has 0 saturated carbocycles. The van der Waals surface area contributed by atoms with Crippen LogP contribution in [0.1, 0.15) is 18.4 Å². The van der Waals surface area contributed by atoms with E-state index in [1.165, 1.54) is 0 Å². The predicted octanol–water partition coefficient (Wildman–Crippen LogP) is 1.82. The van der Waals surface area contributed by atoms with Crippen molar-refractivity contribution < 1.29 is 0 Å². The standard InChI is InChI=1S/C15H16N6/c16-10-12-4-1-7-17-15(12)18-11-13-5-3-9-21(13)14-6-2-8-19-20-14/h1-2,4,6-8,13H,3,5,9,11H2,(H,17,18)/t13-/m1/s1. The molecule has 0 bridgehead atoms. The molecule has 0 radical (unpaired) electrons. The molecule has 2 aromatic heterocycles. The molecular formula is C15H16N6. The minimum atomic E-state index is 0.343. The van der Waals surface area contributed by atoms with Crippen LogP contribution in [0.3, 0.4) is 0 Å². The van der Waals surface area contributed by atoms with Gasteiger partial charge in [-0.3, -0.25) is 0 Å². The molecule has 2 aromatic rings. The van der Waals surface area contributed by atoms with Crippen LogP contribution in [0.2, 0.25) is 0 Å². The lowest BCUT2D eigenvalue weighted by atomic mass is 10.2. The first-order valence-corrected chi connectivity index (χ1v) is 7.02. The SMILES string of the molecule is N#Cc1cccnc1NC[C@H]1CCCN1c1cccnn1. The highest BCUT2D eigenvalue weighted by atomic mass is 15.3. The predicted molar refractivity (Wildman–Crippen MR) is 79.8 cm³/mol. The van der Waals surface area contributed by atoms with Gasteiger partial charge in [0.25, 0.3) is 0 Å². The van der Waals surface area contributed by atoms with Gasteiger partial charge in [0.2, 0.25) is 0 Å². The Morgan fingerprint density at radius 3 is 3.05 bits per heavy atom. The highest BCUT2D eigenvalue weighted by molar-refractivity contribution is 5.51. The summed E-state index contributed by atoms with van der Waals surface area (Å²) in [6.07, 6.45) is 5.60. The number of hydrogen-bond donors (Lipinski definition) is 1. The number of nitriles is 1. The van der Waals surface area contributed by atoms with Crippen LogP contribution in [0.15, 0.2) is 36.7 Å². The fraction of sp³-hybridized carbons (Fsp3) is 0.333. The lowest BCUT2D eigenvalue weighted by Crippen LogP contribution is -2.35. The van der Waals surface area contributed by atoms with Gasteiger partial charge >= 0.3 is 0 Å². The number of anilines is 2. The molecule has 1 aliphatic rings. The van der Waals surface area contributed by atoms with E-state index in [4.69, 9.17) is 5.26 Å². The van der Waals surface area contributed by atoms with E-state index in [0.29, 0.717) is 17.4 Å². The average molecular weight is 280 g/mol. The molecule has 0 aliphatic carbocycles. The summed E-state index contributed by atoms with van der Waals surface area (Å²) < 4.78 is 0. The summed E-state index contributed by atoms with van der Waals surface area (Å²) in [5.41, 5.74) is 0.571. The van der Waals surface area contributed by atoms with Crippen LogP contribution in [-0.4, -0.2) is 34.3 Å². The van der Waals surface area contributed by atoms with E-state index in [1.807, 2.05) is 12.1 Å². The van der Waals surface area contributed by atoms with Crippen molar-refractivity contribution in [2.45, 2.75) is 18.9 Å². The molecule has 6 heteroatoms. The van der Waals surface area contributed by atoms with E-state index < -0.39 is 0 Å². The van der Waals surface area contributed by atoms with Gasteiger partial charge in [-0.25, -0.2) is 4.98 Å². The Hall–Kier alpha value is -2.68. The highest BCUT2D eigenvalue weighted by Gasteiger charge is 2.25. The fourth-order valence-corrected chi connectivity index (χ4v) is 2.65. The third-order valence-electron chi connectivity index (χ3n) is 3.66. The summed E-state index contributed by atoms with van der Waals surface area (Å²) in [7, 11) is 0. The molecule has 6 nitrogen and oxygen atoms in total. The van der Waals surface area contributed by atoms with Crippen LogP contribution < -0.4 is 10.2 Å². The first-order chi connectivity index (χ1) is 10.4. The van der Waals surface area contributed by atoms with Crippen LogP contribution >= 0.6 is 0 Å². The van der Waals surface area contributed by atoms with Gasteiger partial charge in [-0.05, 0) is 37.1 Å². The Kier molecular flexibility index (Phi) is 3.92. The van der Waals surface area contributed by atoms with Crippen LogP contribution in [-0.2, 0) is 0 Å². The van der Waals surface area contributed by atoms with Crippen molar-refractivity contribution in [1.82, 2.24) is 15.2 Å². The van der Waals surface area contributed by atoms with E-state index in [9.17, 15) is 0 Å². The zero-order valence-electron chi connectivity index (χ0n) is 11.6. The molecule has 0 spiro atoms. The third kappa shape index (κ3) is 2.92. The smallest absolute Gasteiger partial charge is 0.151 e. The normalized spacial score (nSPS) is 17.5. The van der Waals surface area contributed by atoms with Crippen molar-refractivity contribution in [3.8, 4) is 6.07 Å². The Morgan fingerprint density at radius 2 is 2.24 bits per heavy atom. The van der Waals surface area contributed by atoms with E-state index in [0.717, 1.165) is 31.7 Å². The zero-order chi connectivity index (χ0) is 14.5. The zero-order valence-corrected chi connectivity index (χ0v) is 11.6. The van der Waals surface area contributed by atoms with Gasteiger partial charge in [0.05, 0.1) is 5.56 Å². The van der Waals surface area contributed by atoms with Crippen molar-refractivity contribution in [2.24, 2.45) is 0 Å². The molecule has 1 saturated heterocycles. The fourth-order valence-electron chi connectivity index (χ4n) is 2.65. The third-order valence-corrected chi connectivity index (χ3v) is 3.66. The quantitative estimate of drug-likeness (QED) is 0.920. The second kappa shape index (κ2) is 6.18. The Morgan fingerprint density at radius 1 is 1.33 bits per heavy atom. The molecule has 0 unspecified atom stereocenters. The topological polar surface area (TPSA) is 77.7 Å². The first-order valence-electron chi connectivity index (χ1n) is 7.02. The summed E-state index contributed by atoms with van der Waals surface area (Å²) in [6, 6.07) is 9.91. The number of nitrogens with one attached hydrogen (secondary N) is 1. The van der Waals surface area contributed by atoms with Gasteiger partial charge in [-0.1, -0.05) is 0 Å². The molecule has 0 aromatic carbocycles. The molecule has 1 N–H and O–H groups in total. The number of aromatic nitrogens is 3. The van der Waals surface area contributed by atoms with Crippen molar-refractivity contribution in [3.63, 3.8) is 0 Å². The lowest BCUT2D eigenvalue weighted by molar-refractivity contribution is 0.685. The lowest BCUT2D eigenvalue weighted by Gasteiger charge is -2.25. The van der Waals surface area contributed by atoms with Crippen LogP contribution in [0.5, 0.6) is 0 Å². The molecular weight excluding hydrogens is 264 g/mol. The maximum absolute atomic E-state index is 9.08. The second-order valence-electron chi connectivity index (χ2n) is 4.96. The first kappa shape index (κ1) is 13.3. The number of hydrogen-bond acceptors (Lipinski definition) is 6. The van der Waals surface area contributed by atoms with E-state index in [-0.39, 0.29) is 0 Å². The number of nitrogens with zero attached hydrogens (tertiary/aromatic N) is 5. The molecule has 21 heavy (non-hydrogen) atoms. The average Bonchev–Trinajstić information content (AvgIpc) is 3.02. The van der Waals surface area contributed by atoms with E-state index in [1.54, 1.807) is 24.5 Å². The number of rotatable bonds is 4. The molecule has 1 fully saturated rings. The Labute approximate surface area is 123 Å². The molecule has 0 amide bonds. The number of pyridine rings is 1. The van der Waals surface area contributed by atoms with Gasteiger partial charge < -0.3 is 10.2 Å². The van der Waals surface area contributed by atoms with Crippen LogP contribution in [0, 0.1) is 11.3 Å². The largest absolute Gasteiger partial charge is 0.367 e. The molecule has 1 atom stereocenters. The van der Waals surface area contributed by atoms with Crippen molar-refractivity contribution in [1.29, 1.82) is 5.26 Å². The van der Waals surface area contributed by atoms with Gasteiger partial charge in [-0.2, -0.15) is 10.4 Å². The summed E-state index contributed by atoms with van der Waals surface area (Å²) in [5.74, 6) is 1.55. The summed E-state index contributed by atoms with van der Waals surface area (Å²) in [6.45, 7) is 1.72. The summed E-state index contributed by atoms with van der Waals surface area (Å²) >= 11 is 0. The molecule has 3 rings (SSSR count). The molecule has 106 valence electrons. The van der Waals surface area contributed by atoms with Crippen molar-refractivity contribution in [3.05, 3.63) is 42.2 Å². The maximum atomic E-state index is 9.08. The maximum Gasteiger partial charge on any atom is 0.151 e. The Bertz CT molecular complexity index is 636. The van der Waals surface area contributed by atoms with Crippen molar-refractivity contribution in [2.75, 3.05) is 23.3 Å². The minimum absolute atomic E-state index is 0.343. The molecule has 1 aliphatic heterocycles. The van der Waals surface area contributed by atoms with Gasteiger partial charge in [0.15, 0.2) is 5.82 Å². The Balaban J connectivity index is 1.69. The summed E-state index contributed by atoms with van der Waals surface area (Å²) in [5, 5.41) is 20.5. The highest BCUT2D eigenvalue weighted by Crippen LogP contribution is 2.23. The second-order valence-corrected chi connectivity index (χ2v) is 4.96. The van der Waals surface area contributed by atoms with Gasteiger partial charge in [-0.15, -0.1) is 5.10 Å². The van der Waals surface area contributed by atoms with E-state index in [2.05, 4.69) is 31.5 Å². The van der Waals surface area contributed by atoms with Gasteiger partial charge in [0.1, 0.15) is 11.9 Å². The monoisotopic (exact) mass is 280 g/mol. The van der Waals surface area contributed by atoms with Crippen LogP contribution in [0.4, 0.5) is 11.6 Å². The van der Waals surface area contributed by atoms with Crippen molar-refractivity contribution >= 4 is 11.6 Å². The van der Waals surface area contributed by atoms with Gasteiger partial charge in [0, 0.05) is 31.5 Å².